The molecule has 0 saturated heterocycles. The summed E-state index contributed by atoms with van der Waals surface area (Å²) in [5, 5.41) is 0. The van der Waals surface area contributed by atoms with E-state index in [2.05, 4.69) is 34.4 Å². The number of aryl methyl sites for hydroxylation is 1. The van der Waals surface area contributed by atoms with Gasteiger partial charge in [-0.25, -0.2) is 4.98 Å². The Bertz CT molecular complexity index is 831. The quantitative estimate of drug-likeness (QED) is 0.589. The van der Waals surface area contributed by atoms with Crippen molar-refractivity contribution in [2.24, 2.45) is 5.92 Å². The molecule has 2 heterocycles. The standard InChI is InChI=1S/C25H38N4O/c1-3-19-10-12-20(13-11-19)25-27-22-18-26-16-14-23(22)29(25)17-15-24(30)28(4-2)21-8-6-5-7-9-21/h14,16,18-21H,3-13,15,17H2,1-2H3. The molecule has 0 atom stereocenters. The fourth-order valence-electron chi connectivity index (χ4n) is 5.76. The van der Waals surface area contributed by atoms with Crippen LogP contribution in [0.1, 0.15) is 96.2 Å². The molecule has 2 fully saturated rings. The molecule has 0 unspecified atom stereocenters. The molecular formula is C25H38N4O. The van der Waals surface area contributed by atoms with Gasteiger partial charge in [-0.15, -0.1) is 0 Å². The Morgan fingerprint density at radius 1 is 1.10 bits per heavy atom. The number of pyridine rings is 1. The van der Waals surface area contributed by atoms with Crippen molar-refractivity contribution in [1.82, 2.24) is 19.4 Å². The third-order valence-corrected chi connectivity index (χ3v) is 7.60. The number of amides is 1. The van der Waals surface area contributed by atoms with Crippen LogP contribution in [0.25, 0.3) is 11.0 Å². The molecular weight excluding hydrogens is 372 g/mol. The minimum absolute atomic E-state index is 0.306. The third-order valence-electron chi connectivity index (χ3n) is 7.60. The van der Waals surface area contributed by atoms with Crippen molar-refractivity contribution in [2.75, 3.05) is 6.54 Å². The summed E-state index contributed by atoms with van der Waals surface area (Å²) in [5.74, 6) is 2.87. The van der Waals surface area contributed by atoms with E-state index in [4.69, 9.17) is 4.98 Å². The van der Waals surface area contributed by atoms with Gasteiger partial charge in [-0.05, 0) is 57.4 Å². The lowest BCUT2D eigenvalue weighted by Gasteiger charge is -2.34. The molecule has 30 heavy (non-hydrogen) atoms. The molecule has 0 N–H and O–H groups in total. The van der Waals surface area contributed by atoms with E-state index in [1.807, 2.05) is 12.4 Å². The number of carbonyl (C=O) groups is 1. The zero-order chi connectivity index (χ0) is 20.9. The first-order valence-electron chi connectivity index (χ1n) is 12.3. The van der Waals surface area contributed by atoms with Gasteiger partial charge >= 0.3 is 0 Å². The first kappa shape index (κ1) is 21.3. The fourth-order valence-corrected chi connectivity index (χ4v) is 5.76. The Hall–Kier alpha value is -1.91. The molecule has 164 valence electrons. The van der Waals surface area contributed by atoms with Crippen LogP contribution in [0.4, 0.5) is 0 Å². The predicted molar refractivity (Wildman–Crippen MR) is 121 cm³/mol. The molecule has 1 amide bonds. The van der Waals surface area contributed by atoms with E-state index < -0.39 is 0 Å². The second-order valence-corrected chi connectivity index (χ2v) is 9.33. The highest BCUT2D eigenvalue weighted by Gasteiger charge is 2.27. The lowest BCUT2D eigenvalue weighted by molar-refractivity contribution is -0.134. The molecule has 5 nitrogen and oxygen atoms in total. The number of hydrogen-bond acceptors (Lipinski definition) is 3. The van der Waals surface area contributed by atoms with Crippen LogP contribution in [0.15, 0.2) is 18.5 Å². The van der Waals surface area contributed by atoms with Crippen molar-refractivity contribution < 1.29 is 4.79 Å². The lowest BCUT2D eigenvalue weighted by Crippen LogP contribution is -2.41. The summed E-state index contributed by atoms with van der Waals surface area (Å²) in [6.45, 7) is 5.99. The first-order valence-corrected chi connectivity index (χ1v) is 12.3. The largest absolute Gasteiger partial charge is 0.340 e. The first-order chi connectivity index (χ1) is 14.7. The van der Waals surface area contributed by atoms with Gasteiger partial charge in [-0.2, -0.15) is 0 Å². The summed E-state index contributed by atoms with van der Waals surface area (Å²) in [6.07, 6.45) is 16.8. The Kier molecular flexibility index (Phi) is 7.06. The predicted octanol–water partition coefficient (Wildman–Crippen LogP) is 5.69. The van der Waals surface area contributed by atoms with Gasteiger partial charge in [0, 0.05) is 37.7 Å². The van der Waals surface area contributed by atoms with Crippen LogP contribution >= 0.6 is 0 Å². The SMILES string of the molecule is CCC1CCC(c2nc3cnccc3n2CCC(=O)N(CC)C2CCCCC2)CC1. The maximum Gasteiger partial charge on any atom is 0.224 e. The van der Waals surface area contributed by atoms with E-state index in [1.165, 1.54) is 70.0 Å². The molecule has 2 aromatic heterocycles. The van der Waals surface area contributed by atoms with E-state index in [9.17, 15) is 4.79 Å². The average molecular weight is 411 g/mol. The van der Waals surface area contributed by atoms with E-state index in [0.29, 0.717) is 24.3 Å². The van der Waals surface area contributed by atoms with E-state index in [1.54, 1.807) is 0 Å². The molecule has 4 rings (SSSR count). The summed E-state index contributed by atoms with van der Waals surface area (Å²) in [7, 11) is 0. The Balaban J connectivity index is 1.50. The Labute approximate surface area is 181 Å². The summed E-state index contributed by atoms with van der Waals surface area (Å²) in [6, 6.07) is 2.51. The normalized spacial score (nSPS) is 23.0. The van der Waals surface area contributed by atoms with Gasteiger partial charge < -0.3 is 9.47 Å². The van der Waals surface area contributed by atoms with E-state index >= 15 is 0 Å². The monoisotopic (exact) mass is 410 g/mol. The number of nitrogens with zero attached hydrogens (tertiary/aromatic N) is 4. The number of imidazole rings is 1. The maximum atomic E-state index is 13.2. The highest BCUT2D eigenvalue weighted by atomic mass is 16.2. The minimum atomic E-state index is 0.306. The molecule has 2 saturated carbocycles. The fraction of sp³-hybridized carbons (Fsp3) is 0.720. The van der Waals surface area contributed by atoms with Crippen molar-refractivity contribution in [3.8, 4) is 0 Å². The van der Waals surface area contributed by atoms with Crippen molar-refractivity contribution in [3.05, 3.63) is 24.3 Å². The summed E-state index contributed by atoms with van der Waals surface area (Å²) in [4.78, 5) is 24.6. The Morgan fingerprint density at radius 3 is 2.57 bits per heavy atom. The van der Waals surface area contributed by atoms with Crippen LogP contribution in [0.2, 0.25) is 0 Å². The molecule has 2 aliphatic carbocycles. The maximum absolute atomic E-state index is 13.2. The van der Waals surface area contributed by atoms with Gasteiger partial charge in [0.15, 0.2) is 0 Å². The summed E-state index contributed by atoms with van der Waals surface area (Å²) >= 11 is 0. The van der Waals surface area contributed by atoms with Crippen LogP contribution in [-0.2, 0) is 11.3 Å². The zero-order valence-electron chi connectivity index (χ0n) is 18.9. The zero-order valence-corrected chi connectivity index (χ0v) is 18.9. The summed E-state index contributed by atoms with van der Waals surface area (Å²) < 4.78 is 2.33. The molecule has 0 bridgehead atoms. The second-order valence-electron chi connectivity index (χ2n) is 9.33. The molecule has 5 heteroatoms. The summed E-state index contributed by atoms with van der Waals surface area (Å²) in [5.41, 5.74) is 2.10. The number of carbonyl (C=O) groups excluding carboxylic acids is 1. The van der Waals surface area contributed by atoms with Crippen molar-refractivity contribution in [2.45, 2.75) is 103 Å². The van der Waals surface area contributed by atoms with Gasteiger partial charge in [0.1, 0.15) is 11.3 Å². The minimum Gasteiger partial charge on any atom is -0.340 e. The average Bonchev–Trinajstić information content (AvgIpc) is 3.17. The van der Waals surface area contributed by atoms with Crippen LogP contribution in [0.3, 0.4) is 0 Å². The van der Waals surface area contributed by atoms with Crippen molar-refractivity contribution in [3.63, 3.8) is 0 Å². The molecule has 0 aliphatic heterocycles. The highest BCUT2D eigenvalue weighted by molar-refractivity contribution is 5.78. The van der Waals surface area contributed by atoms with Crippen LogP contribution < -0.4 is 0 Å². The van der Waals surface area contributed by atoms with Crippen LogP contribution in [0, 0.1) is 5.92 Å². The topological polar surface area (TPSA) is 51.0 Å². The third kappa shape index (κ3) is 4.55. The lowest BCUT2D eigenvalue weighted by atomic mass is 9.80. The van der Waals surface area contributed by atoms with Crippen LogP contribution in [0.5, 0.6) is 0 Å². The van der Waals surface area contributed by atoms with Gasteiger partial charge in [-0.3, -0.25) is 9.78 Å². The molecule has 0 radical (unpaired) electrons. The van der Waals surface area contributed by atoms with Gasteiger partial charge in [-0.1, -0.05) is 32.6 Å². The Morgan fingerprint density at radius 2 is 1.87 bits per heavy atom. The number of hydrogen-bond donors (Lipinski definition) is 0. The van der Waals surface area contributed by atoms with E-state index in [0.717, 1.165) is 30.0 Å². The molecule has 0 aromatic carbocycles. The molecule has 0 spiro atoms. The van der Waals surface area contributed by atoms with Gasteiger partial charge in [0.25, 0.3) is 0 Å². The second kappa shape index (κ2) is 9.93. The van der Waals surface area contributed by atoms with Crippen LogP contribution in [-0.4, -0.2) is 37.9 Å². The van der Waals surface area contributed by atoms with Crippen molar-refractivity contribution in [1.29, 1.82) is 0 Å². The molecule has 2 aromatic rings. The van der Waals surface area contributed by atoms with Gasteiger partial charge in [0.05, 0.1) is 11.7 Å². The van der Waals surface area contributed by atoms with E-state index in [-0.39, 0.29) is 0 Å². The smallest absolute Gasteiger partial charge is 0.224 e. The highest BCUT2D eigenvalue weighted by Crippen LogP contribution is 2.37. The molecule has 2 aliphatic rings. The number of aromatic nitrogens is 3. The number of rotatable bonds is 7. The van der Waals surface area contributed by atoms with Gasteiger partial charge in [0.2, 0.25) is 5.91 Å². The number of fused-ring (bicyclic) bond motifs is 1. The van der Waals surface area contributed by atoms with Crippen molar-refractivity contribution >= 4 is 16.9 Å².